The topological polar surface area (TPSA) is 17.1 Å². The second-order valence-electron chi connectivity index (χ2n) is 3.54. The van der Waals surface area contributed by atoms with Gasteiger partial charge in [0.25, 0.3) is 0 Å². The molecule has 0 heterocycles. The van der Waals surface area contributed by atoms with Gasteiger partial charge >= 0.3 is 0 Å². The number of hydrogen-bond acceptors (Lipinski definition) is 1. The Morgan fingerprint density at radius 3 is 2.27 bits per heavy atom. The van der Waals surface area contributed by atoms with Crippen molar-refractivity contribution in [2.75, 3.05) is 0 Å². The second-order valence-corrected chi connectivity index (χ2v) is 3.54. The first-order chi connectivity index (χ1) is 7.29. The fourth-order valence-corrected chi connectivity index (χ4v) is 2.03. The van der Waals surface area contributed by atoms with Gasteiger partial charge in [-0.05, 0) is 11.6 Å². The molecule has 0 bridgehead atoms. The van der Waals surface area contributed by atoms with Gasteiger partial charge in [0.1, 0.15) is 5.82 Å². The quantitative estimate of drug-likeness (QED) is 0.542. The number of fused-ring (bicyclic) bond motifs is 3. The average Bonchev–Trinajstić information content (AvgIpc) is 2.55. The van der Waals surface area contributed by atoms with Crippen LogP contribution < -0.4 is 0 Å². The normalized spacial score (nSPS) is 12.5. The van der Waals surface area contributed by atoms with Gasteiger partial charge in [0, 0.05) is 16.7 Å². The highest BCUT2D eigenvalue weighted by Crippen LogP contribution is 2.37. The van der Waals surface area contributed by atoms with Gasteiger partial charge < -0.3 is 0 Å². The van der Waals surface area contributed by atoms with Crippen LogP contribution in [0, 0.1) is 5.82 Å². The lowest BCUT2D eigenvalue weighted by Crippen LogP contribution is -1.94. The third-order valence-corrected chi connectivity index (χ3v) is 2.70. The summed E-state index contributed by atoms with van der Waals surface area (Å²) < 4.78 is 13.6. The maximum absolute atomic E-state index is 13.6. The molecule has 1 aliphatic carbocycles. The molecule has 0 aliphatic heterocycles. The lowest BCUT2D eigenvalue weighted by Gasteiger charge is -1.99. The number of hydrogen-bond donors (Lipinski definition) is 0. The zero-order chi connectivity index (χ0) is 10.4. The van der Waals surface area contributed by atoms with Crippen molar-refractivity contribution in [3.8, 4) is 11.1 Å². The highest BCUT2D eigenvalue weighted by atomic mass is 19.1. The molecule has 2 heteroatoms. The van der Waals surface area contributed by atoms with Crippen LogP contribution in [0.25, 0.3) is 11.1 Å². The monoisotopic (exact) mass is 198 g/mol. The Morgan fingerprint density at radius 1 is 0.800 bits per heavy atom. The zero-order valence-electron chi connectivity index (χ0n) is 7.83. The van der Waals surface area contributed by atoms with Crippen molar-refractivity contribution in [1.82, 2.24) is 0 Å². The number of carbonyl (C=O) groups excluding carboxylic acids is 1. The summed E-state index contributed by atoms with van der Waals surface area (Å²) in [5.41, 5.74) is 2.21. The fourth-order valence-electron chi connectivity index (χ4n) is 2.03. The van der Waals surface area contributed by atoms with Crippen molar-refractivity contribution in [2.24, 2.45) is 0 Å². The summed E-state index contributed by atoms with van der Waals surface area (Å²) in [6.45, 7) is 0. The lowest BCUT2D eigenvalue weighted by molar-refractivity contribution is 0.104. The molecule has 0 N–H and O–H groups in total. The molecule has 0 atom stereocenters. The van der Waals surface area contributed by atoms with Crippen LogP contribution >= 0.6 is 0 Å². The van der Waals surface area contributed by atoms with E-state index in [0.29, 0.717) is 22.3 Å². The van der Waals surface area contributed by atoms with Crippen molar-refractivity contribution in [1.29, 1.82) is 0 Å². The Hall–Kier alpha value is -1.96. The predicted molar refractivity (Wildman–Crippen MR) is 55.3 cm³/mol. The first-order valence-corrected chi connectivity index (χ1v) is 4.71. The predicted octanol–water partition coefficient (Wildman–Crippen LogP) is 3.04. The minimum Gasteiger partial charge on any atom is -0.289 e. The molecule has 0 spiro atoms. The van der Waals surface area contributed by atoms with Crippen molar-refractivity contribution >= 4 is 5.78 Å². The Labute approximate surface area is 86.2 Å². The third-order valence-electron chi connectivity index (χ3n) is 2.70. The summed E-state index contributed by atoms with van der Waals surface area (Å²) in [6, 6.07) is 11.7. The highest BCUT2D eigenvalue weighted by Gasteiger charge is 2.28. The number of carbonyl (C=O) groups is 1. The van der Waals surface area contributed by atoms with Gasteiger partial charge in [-0.25, -0.2) is 4.39 Å². The summed E-state index contributed by atoms with van der Waals surface area (Å²) in [4.78, 5) is 11.9. The molecule has 0 aromatic heterocycles. The molecule has 0 unspecified atom stereocenters. The van der Waals surface area contributed by atoms with Gasteiger partial charge in [0.05, 0.1) is 0 Å². The molecule has 72 valence electrons. The Kier molecular flexibility index (Phi) is 1.54. The van der Waals surface area contributed by atoms with E-state index in [0.717, 1.165) is 0 Å². The van der Waals surface area contributed by atoms with E-state index in [9.17, 15) is 9.18 Å². The molecule has 2 aromatic carbocycles. The van der Waals surface area contributed by atoms with Crippen LogP contribution in [0.3, 0.4) is 0 Å². The average molecular weight is 198 g/mol. The third kappa shape index (κ3) is 0.988. The minimum atomic E-state index is -0.328. The fraction of sp³-hybridized carbons (Fsp3) is 0. The smallest absolute Gasteiger partial charge is 0.194 e. The SMILES string of the molecule is O=C1c2ccccc2-c2c(F)cccc21. The van der Waals surface area contributed by atoms with Crippen molar-refractivity contribution in [2.45, 2.75) is 0 Å². The van der Waals surface area contributed by atoms with Crippen molar-refractivity contribution < 1.29 is 9.18 Å². The van der Waals surface area contributed by atoms with Crippen molar-refractivity contribution in [3.05, 3.63) is 59.4 Å². The van der Waals surface area contributed by atoms with E-state index < -0.39 is 0 Å². The van der Waals surface area contributed by atoms with Crippen LogP contribution in [0.1, 0.15) is 15.9 Å². The molecule has 0 saturated carbocycles. The van der Waals surface area contributed by atoms with Gasteiger partial charge in [-0.15, -0.1) is 0 Å². The van der Waals surface area contributed by atoms with Crippen LogP contribution in [-0.4, -0.2) is 5.78 Å². The molecular weight excluding hydrogens is 191 g/mol. The number of rotatable bonds is 0. The van der Waals surface area contributed by atoms with Crippen LogP contribution in [0.15, 0.2) is 42.5 Å². The molecule has 1 aliphatic rings. The Bertz CT molecular complexity index is 572. The van der Waals surface area contributed by atoms with Gasteiger partial charge in [0.2, 0.25) is 0 Å². The molecule has 0 radical (unpaired) electrons. The van der Waals surface area contributed by atoms with Gasteiger partial charge in [-0.3, -0.25) is 4.79 Å². The van der Waals surface area contributed by atoms with E-state index in [2.05, 4.69) is 0 Å². The standard InChI is InChI=1S/C13H7FO/c14-11-7-3-6-10-12(11)8-4-1-2-5-9(8)13(10)15/h1-7H. The molecule has 15 heavy (non-hydrogen) atoms. The first kappa shape index (κ1) is 8.36. The first-order valence-electron chi connectivity index (χ1n) is 4.71. The van der Waals surface area contributed by atoms with Gasteiger partial charge in [-0.1, -0.05) is 36.4 Å². The zero-order valence-corrected chi connectivity index (χ0v) is 7.83. The number of ketones is 1. The Morgan fingerprint density at radius 2 is 1.47 bits per heavy atom. The summed E-state index contributed by atoms with van der Waals surface area (Å²) in [5, 5.41) is 0. The summed E-state index contributed by atoms with van der Waals surface area (Å²) in [7, 11) is 0. The lowest BCUT2D eigenvalue weighted by atomic mass is 10.1. The highest BCUT2D eigenvalue weighted by molar-refractivity contribution is 6.21. The van der Waals surface area contributed by atoms with Gasteiger partial charge in [0.15, 0.2) is 5.78 Å². The minimum absolute atomic E-state index is 0.0832. The molecule has 1 nitrogen and oxygen atoms in total. The Balaban J connectivity index is 2.45. The summed E-state index contributed by atoms with van der Waals surface area (Å²) >= 11 is 0. The molecule has 0 saturated heterocycles. The molecule has 0 amide bonds. The largest absolute Gasteiger partial charge is 0.289 e. The van der Waals surface area contributed by atoms with Crippen LogP contribution in [0.5, 0.6) is 0 Å². The number of halogens is 1. The van der Waals surface area contributed by atoms with E-state index in [-0.39, 0.29) is 11.6 Å². The van der Waals surface area contributed by atoms with Crippen LogP contribution in [0.2, 0.25) is 0 Å². The maximum atomic E-state index is 13.6. The van der Waals surface area contributed by atoms with E-state index in [1.165, 1.54) is 6.07 Å². The molecule has 2 aromatic rings. The summed E-state index contributed by atoms with van der Waals surface area (Å²) in [5.74, 6) is -0.411. The van der Waals surface area contributed by atoms with E-state index in [1.807, 2.05) is 6.07 Å². The molecule has 3 rings (SSSR count). The van der Waals surface area contributed by atoms with Crippen LogP contribution in [-0.2, 0) is 0 Å². The second kappa shape index (κ2) is 2.76. The molecular formula is C13H7FO. The van der Waals surface area contributed by atoms with E-state index >= 15 is 0 Å². The summed E-state index contributed by atoms with van der Waals surface area (Å²) in [6.07, 6.45) is 0. The van der Waals surface area contributed by atoms with Crippen molar-refractivity contribution in [3.63, 3.8) is 0 Å². The van der Waals surface area contributed by atoms with E-state index in [1.54, 1.807) is 30.3 Å². The van der Waals surface area contributed by atoms with E-state index in [4.69, 9.17) is 0 Å². The maximum Gasteiger partial charge on any atom is 0.194 e. The van der Waals surface area contributed by atoms with Crippen LogP contribution in [0.4, 0.5) is 4.39 Å². The van der Waals surface area contributed by atoms with Gasteiger partial charge in [-0.2, -0.15) is 0 Å². The number of benzene rings is 2. The molecule has 0 fully saturated rings.